The molecule has 1 aromatic heterocycles. The van der Waals surface area contributed by atoms with E-state index in [4.69, 9.17) is 0 Å². The first-order valence-electron chi connectivity index (χ1n) is 6.50. The summed E-state index contributed by atoms with van der Waals surface area (Å²) in [7, 11) is 1.88. The van der Waals surface area contributed by atoms with Gasteiger partial charge in [-0.2, -0.15) is 4.99 Å². The SMILES string of the molecule is Cc1cccc(C(=O)N=c2sc3ccccc3n2C)c1O. The second kappa shape index (κ2) is 5.18. The van der Waals surface area contributed by atoms with Gasteiger partial charge in [-0.3, -0.25) is 4.79 Å². The highest BCUT2D eigenvalue weighted by Gasteiger charge is 2.12. The number of para-hydroxylation sites is 2. The van der Waals surface area contributed by atoms with Crippen molar-refractivity contribution >= 4 is 27.5 Å². The summed E-state index contributed by atoms with van der Waals surface area (Å²) in [5.74, 6) is -0.437. The number of hydrogen-bond donors (Lipinski definition) is 1. The van der Waals surface area contributed by atoms with Gasteiger partial charge in [0.05, 0.1) is 15.8 Å². The van der Waals surface area contributed by atoms with Gasteiger partial charge < -0.3 is 9.67 Å². The van der Waals surface area contributed by atoms with Crippen LogP contribution in [0.2, 0.25) is 0 Å². The number of nitrogens with zero attached hydrogens (tertiary/aromatic N) is 2. The second-order valence-electron chi connectivity index (χ2n) is 4.80. The van der Waals surface area contributed by atoms with Gasteiger partial charge in [0, 0.05) is 7.05 Å². The quantitative estimate of drug-likeness (QED) is 0.751. The van der Waals surface area contributed by atoms with Gasteiger partial charge >= 0.3 is 0 Å². The van der Waals surface area contributed by atoms with Crippen molar-refractivity contribution in [3.8, 4) is 5.75 Å². The lowest BCUT2D eigenvalue weighted by molar-refractivity contribution is 0.0995. The van der Waals surface area contributed by atoms with Gasteiger partial charge in [-0.25, -0.2) is 0 Å². The fourth-order valence-electron chi connectivity index (χ4n) is 2.17. The van der Waals surface area contributed by atoms with Crippen LogP contribution in [-0.4, -0.2) is 15.6 Å². The molecule has 0 saturated carbocycles. The Hall–Kier alpha value is -2.40. The summed E-state index contributed by atoms with van der Waals surface area (Å²) in [6.07, 6.45) is 0. The maximum atomic E-state index is 12.3. The number of phenolic OH excluding ortho intramolecular Hbond substituents is 1. The normalized spacial score (nSPS) is 12.0. The van der Waals surface area contributed by atoms with Crippen LogP contribution >= 0.6 is 11.3 Å². The molecule has 0 spiro atoms. The summed E-state index contributed by atoms with van der Waals surface area (Å²) < 4.78 is 2.95. The number of carbonyl (C=O) groups excluding carboxylic acids is 1. The Morgan fingerprint density at radius 3 is 2.71 bits per heavy atom. The highest BCUT2D eigenvalue weighted by Crippen LogP contribution is 2.22. The lowest BCUT2D eigenvalue weighted by Crippen LogP contribution is -2.13. The summed E-state index contributed by atoms with van der Waals surface area (Å²) in [6.45, 7) is 1.76. The number of aromatic hydroxyl groups is 1. The van der Waals surface area contributed by atoms with Crippen molar-refractivity contribution in [2.24, 2.45) is 12.0 Å². The van der Waals surface area contributed by atoms with Crippen LogP contribution < -0.4 is 4.80 Å². The maximum Gasteiger partial charge on any atom is 0.283 e. The summed E-state index contributed by atoms with van der Waals surface area (Å²) in [4.78, 5) is 17.0. The van der Waals surface area contributed by atoms with E-state index in [1.807, 2.05) is 35.9 Å². The molecule has 2 aromatic carbocycles. The van der Waals surface area contributed by atoms with Crippen LogP contribution in [-0.2, 0) is 7.05 Å². The fraction of sp³-hybridized carbons (Fsp3) is 0.125. The average molecular weight is 298 g/mol. The molecule has 1 N–H and O–H groups in total. The van der Waals surface area contributed by atoms with Crippen molar-refractivity contribution < 1.29 is 9.90 Å². The van der Waals surface area contributed by atoms with E-state index >= 15 is 0 Å². The first-order valence-corrected chi connectivity index (χ1v) is 7.32. The van der Waals surface area contributed by atoms with E-state index < -0.39 is 5.91 Å². The van der Waals surface area contributed by atoms with Crippen molar-refractivity contribution in [2.75, 3.05) is 0 Å². The molecule has 0 fully saturated rings. The zero-order chi connectivity index (χ0) is 15.0. The molecule has 0 aliphatic heterocycles. The first-order chi connectivity index (χ1) is 10.1. The number of phenols is 1. The molecule has 0 radical (unpaired) electrons. The molecule has 0 aliphatic carbocycles. The predicted octanol–water partition coefficient (Wildman–Crippen LogP) is 2.99. The molecule has 21 heavy (non-hydrogen) atoms. The van der Waals surface area contributed by atoms with E-state index in [1.165, 1.54) is 11.3 Å². The Bertz CT molecular complexity index is 906. The van der Waals surface area contributed by atoms with Crippen molar-refractivity contribution in [1.29, 1.82) is 0 Å². The molecule has 3 rings (SSSR count). The first kappa shape index (κ1) is 13.6. The molecule has 0 bridgehead atoms. The fourth-order valence-corrected chi connectivity index (χ4v) is 3.18. The van der Waals surface area contributed by atoms with Crippen molar-refractivity contribution in [2.45, 2.75) is 6.92 Å². The molecule has 1 heterocycles. The third kappa shape index (κ3) is 2.36. The number of thiazole rings is 1. The van der Waals surface area contributed by atoms with Crippen molar-refractivity contribution in [3.05, 3.63) is 58.4 Å². The number of aryl methyl sites for hydroxylation is 2. The molecule has 0 atom stereocenters. The molecular weight excluding hydrogens is 284 g/mol. The zero-order valence-electron chi connectivity index (χ0n) is 11.7. The Kier molecular flexibility index (Phi) is 3.35. The highest BCUT2D eigenvalue weighted by molar-refractivity contribution is 7.16. The summed E-state index contributed by atoms with van der Waals surface area (Å²) in [5.41, 5.74) is 1.92. The lowest BCUT2D eigenvalue weighted by Gasteiger charge is -2.02. The minimum Gasteiger partial charge on any atom is -0.507 e. The van der Waals surface area contributed by atoms with Gasteiger partial charge in [0.25, 0.3) is 5.91 Å². The Morgan fingerprint density at radius 2 is 1.95 bits per heavy atom. The number of carbonyl (C=O) groups is 1. The third-order valence-corrected chi connectivity index (χ3v) is 4.49. The van der Waals surface area contributed by atoms with Gasteiger partial charge in [-0.1, -0.05) is 35.6 Å². The molecule has 0 unspecified atom stereocenters. The Balaban J connectivity index is 2.14. The van der Waals surface area contributed by atoms with Crippen LogP contribution in [0.4, 0.5) is 0 Å². The van der Waals surface area contributed by atoms with Gasteiger partial charge in [0.1, 0.15) is 5.75 Å². The Labute approximate surface area is 125 Å². The molecule has 3 aromatic rings. The van der Waals surface area contributed by atoms with Crippen LogP contribution in [0, 0.1) is 6.92 Å². The van der Waals surface area contributed by atoms with E-state index in [-0.39, 0.29) is 11.3 Å². The topological polar surface area (TPSA) is 54.6 Å². The van der Waals surface area contributed by atoms with Crippen LogP contribution in [0.5, 0.6) is 5.75 Å². The van der Waals surface area contributed by atoms with Crippen LogP contribution in [0.3, 0.4) is 0 Å². The number of fused-ring (bicyclic) bond motifs is 1. The average Bonchev–Trinajstić information content (AvgIpc) is 2.79. The number of amides is 1. The number of aromatic nitrogens is 1. The number of hydrogen-bond acceptors (Lipinski definition) is 3. The zero-order valence-corrected chi connectivity index (χ0v) is 12.5. The molecule has 106 valence electrons. The summed E-state index contributed by atoms with van der Waals surface area (Å²) >= 11 is 1.45. The van der Waals surface area contributed by atoms with E-state index in [1.54, 1.807) is 25.1 Å². The van der Waals surface area contributed by atoms with E-state index in [0.29, 0.717) is 10.4 Å². The highest BCUT2D eigenvalue weighted by atomic mass is 32.1. The predicted molar refractivity (Wildman–Crippen MR) is 83.5 cm³/mol. The summed E-state index contributed by atoms with van der Waals surface area (Å²) in [6, 6.07) is 13.0. The molecular formula is C16H14N2O2S. The largest absolute Gasteiger partial charge is 0.507 e. The number of rotatable bonds is 1. The maximum absolute atomic E-state index is 12.3. The monoisotopic (exact) mass is 298 g/mol. The van der Waals surface area contributed by atoms with E-state index in [0.717, 1.165) is 10.2 Å². The second-order valence-corrected chi connectivity index (χ2v) is 5.81. The minimum absolute atomic E-state index is 0.00462. The van der Waals surface area contributed by atoms with Gasteiger partial charge in [0.15, 0.2) is 4.80 Å². The smallest absolute Gasteiger partial charge is 0.283 e. The van der Waals surface area contributed by atoms with Gasteiger partial charge in [0.2, 0.25) is 0 Å². The molecule has 4 nitrogen and oxygen atoms in total. The van der Waals surface area contributed by atoms with E-state index in [9.17, 15) is 9.90 Å². The molecule has 1 amide bonds. The van der Waals surface area contributed by atoms with E-state index in [2.05, 4.69) is 4.99 Å². The van der Waals surface area contributed by atoms with Gasteiger partial charge in [-0.05, 0) is 30.7 Å². The lowest BCUT2D eigenvalue weighted by atomic mass is 10.1. The third-order valence-electron chi connectivity index (χ3n) is 3.38. The standard InChI is InChI=1S/C16H14N2O2S/c1-10-6-5-7-11(14(10)19)15(20)17-16-18(2)12-8-3-4-9-13(12)21-16/h3-9,19H,1-2H3. The molecule has 0 saturated heterocycles. The molecule has 5 heteroatoms. The van der Waals surface area contributed by atoms with Crippen molar-refractivity contribution in [3.63, 3.8) is 0 Å². The van der Waals surface area contributed by atoms with Gasteiger partial charge in [-0.15, -0.1) is 0 Å². The van der Waals surface area contributed by atoms with Crippen LogP contribution in [0.25, 0.3) is 10.2 Å². The molecule has 0 aliphatic rings. The van der Waals surface area contributed by atoms with Crippen LogP contribution in [0.1, 0.15) is 15.9 Å². The number of benzene rings is 2. The van der Waals surface area contributed by atoms with Crippen LogP contribution in [0.15, 0.2) is 47.5 Å². The minimum atomic E-state index is -0.432. The Morgan fingerprint density at radius 1 is 1.19 bits per heavy atom. The van der Waals surface area contributed by atoms with Crippen molar-refractivity contribution in [1.82, 2.24) is 4.57 Å². The summed E-state index contributed by atoms with van der Waals surface area (Å²) in [5, 5.41) is 9.97.